The van der Waals surface area contributed by atoms with Crippen molar-refractivity contribution in [3.63, 3.8) is 0 Å². The van der Waals surface area contributed by atoms with Gasteiger partial charge in [0.15, 0.2) is 11.5 Å². The minimum atomic E-state index is -1.09. The third-order valence-electron chi connectivity index (χ3n) is 4.13. The molecule has 6 nitrogen and oxygen atoms in total. The summed E-state index contributed by atoms with van der Waals surface area (Å²) in [6, 6.07) is 4.57. The number of hydrogen-bond acceptors (Lipinski definition) is 6. The second kappa shape index (κ2) is 5.95. The number of benzene rings is 1. The number of methoxy groups -OCH3 is 1. The van der Waals surface area contributed by atoms with E-state index >= 15 is 0 Å². The highest BCUT2D eigenvalue weighted by molar-refractivity contribution is 6.18. The van der Waals surface area contributed by atoms with Gasteiger partial charge in [0.25, 0.3) is 5.79 Å². The number of aromatic hydroxyl groups is 1. The lowest BCUT2D eigenvalue weighted by molar-refractivity contribution is -0.244. The maximum atomic E-state index is 12.2. The average Bonchev–Trinajstić information content (AvgIpc) is 2.52. The van der Waals surface area contributed by atoms with Crippen molar-refractivity contribution >= 4 is 18.0 Å². The predicted molar refractivity (Wildman–Crippen MR) is 80.6 cm³/mol. The second-order valence-corrected chi connectivity index (χ2v) is 5.74. The Labute approximate surface area is 133 Å². The summed E-state index contributed by atoms with van der Waals surface area (Å²) in [5.74, 6) is -2.23. The Morgan fingerprint density at radius 1 is 1.13 bits per heavy atom. The van der Waals surface area contributed by atoms with Gasteiger partial charge in [-0.1, -0.05) is 12.5 Å². The zero-order chi connectivity index (χ0) is 16.4. The van der Waals surface area contributed by atoms with Crippen molar-refractivity contribution < 1.29 is 28.9 Å². The van der Waals surface area contributed by atoms with Gasteiger partial charge >= 0.3 is 11.9 Å². The molecule has 1 saturated heterocycles. The summed E-state index contributed by atoms with van der Waals surface area (Å²) < 4.78 is 15.8. The van der Waals surface area contributed by atoms with Crippen LogP contribution >= 0.6 is 0 Å². The summed E-state index contributed by atoms with van der Waals surface area (Å²) in [5.41, 5.74) is 0.303. The van der Waals surface area contributed by atoms with Crippen molar-refractivity contribution in [3.8, 4) is 11.5 Å². The van der Waals surface area contributed by atoms with Crippen molar-refractivity contribution in [1.29, 1.82) is 0 Å². The smallest absolute Gasteiger partial charge is 0.348 e. The van der Waals surface area contributed by atoms with E-state index in [0.717, 1.165) is 19.3 Å². The highest BCUT2D eigenvalue weighted by Crippen LogP contribution is 2.37. The summed E-state index contributed by atoms with van der Waals surface area (Å²) in [7, 11) is 1.44. The molecule has 23 heavy (non-hydrogen) atoms. The predicted octanol–water partition coefficient (Wildman–Crippen LogP) is 2.54. The van der Waals surface area contributed by atoms with Crippen molar-refractivity contribution in [2.45, 2.75) is 37.9 Å². The SMILES string of the molecule is COc1ccc(C=C2C(=O)OC3(CCCCC3)OC2=O)cc1O. The summed E-state index contributed by atoms with van der Waals surface area (Å²) >= 11 is 0. The number of carbonyl (C=O) groups excluding carboxylic acids is 2. The first-order valence-electron chi connectivity index (χ1n) is 7.58. The molecule has 1 heterocycles. The fourth-order valence-electron chi connectivity index (χ4n) is 2.93. The molecule has 6 heteroatoms. The lowest BCUT2D eigenvalue weighted by atomic mass is 9.93. The molecule has 1 N–H and O–H groups in total. The molecule has 1 spiro atoms. The average molecular weight is 318 g/mol. The van der Waals surface area contributed by atoms with Crippen LogP contribution in [0.1, 0.15) is 37.7 Å². The number of phenolic OH excluding ortho intramolecular Hbond substituents is 1. The lowest BCUT2D eigenvalue weighted by Gasteiger charge is -2.38. The van der Waals surface area contributed by atoms with E-state index in [-0.39, 0.29) is 11.3 Å². The van der Waals surface area contributed by atoms with Crippen LogP contribution in [0.15, 0.2) is 23.8 Å². The fourth-order valence-corrected chi connectivity index (χ4v) is 2.93. The minimum absolute atomic E-state index is 0.0804. The van der Waals surface area contributed by atoms with Gasteiger partial charge in [0.2, 0.25) is 0 Å². The van der Waals surface area contributed by atoms with Crippen LogP contribution in [0, 0.1) is 0 Å². The van der Waals surface area contributed by atoms with Gasteiger partial charge in [-0.15, -0.1) is 0 Å². The van der Waals surface area contributed by atoms with E-state index in [1.165, 1.54) is 19.3 Å². The summed E-state index contributed by atoms with van der Waals surface area (Å²) in [5, 5.41) is 9.76. The van der Waals surface area contributed by atoms with Crippen molar-refractivity contribution in [2.24, 2.45) is 0 Å². The normalized spacial score (nSPS) is 20.0. The highest BCUT2D eigenvalue weighted by Gasteiger charge is 2.46. The van der Waals surface area contributed by atoms with Gasteiger partial charge in [0.1, 0.15) is 5.57 Å². The number of rotatable bonds is 2. The van der Waals surface area contributed by atoms with Crippen LogP contribution < -0.4 is 4.74 Å². The maximum absolute atomic E-state index is 12.2. The van der Waals surface area contributed by atoms with Crippen molar-refractivity contribution in [3.05, 3.63) is 29.3 Å². The third-order valence-corrected chi connectivity index (χ3v) is 4.13. The van der Waals surface area contributed by atoms with E-state index in [1.807, 2.05) is 0 Å². The zero-order valence-electron chi connectivity index (χ0n) is 12.8. The number of phenols is 1. The molecular formula is C17H18O6. The molecule has 1 aromatic rings. The van der Waals surface area contributed by atoms with E-state index in [1.54, 1.807) is 12.1 Å². The van der Waals surface area contributed by atoms with Crippen molar-refractivity contribution in [1.82, 2.24) is 0 Å². The molecule has 1 aromatic carbocycles. The summed E-state index contributed by atoms with van der Waals surface area (Å²) in [6.45, 7) is 0. The van der Waals surface area contributed by atoms with Crippen LogP contribution in [-0.4, -0.2) is 29.9 Å². The first kappa shape index (κ1) is 15.4. The Morgan fingerprint density at radius 2 is 1.78 bits per heavy atom. The summed E-state index contributed by atoms with van der Waals surface area (Å²) in [4.78, 5) is 24.4. The van der Waals surface area contributed by atoms with Gasteiger partial charge in [-0.05, 0) is 36.6 Å². The molecule has 2 fully saturated rings. The number of carbonyl (C=O) groups is 2. The van der Waals surface area contributed by atoms with E-state index in [2.05, 4.69) is 0 Å². The third kappa shape index (κ3) is 3.02. The highest BCUT2D eigenvalue weighted by atomic mass is 16.7. The van der Waals surface area contributed by atoms with Gasteiger partial charge in [-0.2, -0.15) is 0 Å². The largest absolute Gasteiger partial charge is 0.504 e. The van der Waals surface area contributed by atoms with Gasteiger partial charge in [-0.25, -0.2) is 9.59 Å². The Morgan fingerprint density at radius 3 is 2.35 bits per heavy atom. The Kier molecular flexibility index (Phi) is 3.98. The molecule has 0 unspecified atom stereocenters. The number of esters is 2. The molecule has 1 aliphatic heterocycles. The topological polar surface area (TPSA) is 82.1 Å². The molecule has 1 aliphatic carbocycles. The number of ether oxygens (including phenoxy) is 3. The first-order valence-corrected chi connectivity index (χ1v) is 7.58. The summed E-state index contributed by atoms with van der Waals surface area (Å²) in [6.07, 6.45) is 5.21. The van der Waals surface area contributed by atoms with Gasteiger partial charge < -0.3 is 19.3 Å². The van der Waals surface area contributed by atoms with Crippen LogP contribution in [0.2, 0.25) is 0 Å². The number of hydrogen-bond donors (Lipinski definition) is 1. The lowest BCUT2D eigenvalue weighted by Crippen LogP contribution is -2.47. The minimum Gasteiger partial charge on any atom is -0.504 e. The molecule has 3 rings (SSSR count). The van der Waals surface area contributed by atoms with Gasteiger partial charge in [0, 0.05) is 12.8 Å². The zero-order valence-corrected chi connectivity index (χ0v) is 12.8. The molecule has 0 aromatic heterocycles. The molecule has 0 amide bonds. The molecular weight excluding hydrogens is 300 g/mol. The molecule has 122 valence electrons. The fraction of sp³-hybridized carbons (Fsp3) is 0.412. The maximum Gasteiger partial charge on any atom is 0.348 e. The van der Waals surface area contributed by atoms with E-state index in [4.69, 9.17) is 14.2 Å². The van der Waals surface area contributed by atoms with E-state index < -0.39 is 17.7 Å². The van der Waals surface area contributed by atoms with E-state index in [0.29, 0.717) is 24.2 Å². The van der Waals surface area contributed by atoms with Crippen molar-refractivity contribution in [2.75, 3.05) is 7.11 Å². The van der Waals surface area contributed by atoms with Crippen LogP contribution in [-0.2, 0) is 19.1 Å². The first-order chi connectivity index (χ1) is 11.0. The molecule has 0 radical (unpaired) electrons. The van der Waals surface area contributed by atoms with Crippen LogP contribution in [0.4, 0.5) is 0 Å². The van der Waals surface area contributed by atoms with Crippen LogP contribution in [0.25, 0.3) is 6.08 Å². The Bertz CT molecular complexity index is 648. The standard InChI is InChI=1S/C17H18O6/c1-21-14-6-5-11(10-13(14)18)9-12-15(19)22-17(23-16(12)20)7-3-2-4-8-17/h5-6,9-10,18H,2-4,7-8H2,1H3. The molecule has 2 aliphatic rings. The van der Waals surface area contributed by atoms with Crippen LogP contribution in [0.5, 0.6) is 11.5 Å². The quantitative estimate of drug-likeness (QED) is 0.513. The molecule has 0 bridgehead atoms. The van der Waals surface area contributed by atoms with Gasteiger partial charge in [0.05, 0.1) is 7.11 Å². The van der Waals surface area contributed by atoms with Gasteiger partial charge in [-0.3, -0.25) is 0 Å². The van der Waals surface area contributed by atoms with E-state index in [9.17, 15) is 14.7 Å². The molecule has 0 atom stereocenters. The Balaban J connectivity index is 1.84. The molecule has 1 saturated carbocycles. The second-order valence-electron chi connectivity index (χ2n) is 5.74. The van der Waals surface area contributed by atoms with Crippen LogP contribution in [0.3, 0.4) is 0 Å². The Hall–Kier alpha value is -2.50. The monoisotopic (exact) mass is 318 g/mol.